The molecule has 0 aliphatic heterocycles. The molecule has 1 saturated carbocycles. The van der Waals surface area contributed by atoms with Crippen LogP contribution in [0.25, 0.3) is 0 Å². The highest BCUT2D eigenvalue weighted by atomic mass is 32.1. The molecule has 35 heavy (non-hydrogen) atoms. The van der Waals surface area contributed by atoms with E-state index in [1.54, 1.807) is 35.6 Å². The standard InChI is InChI=1S/C28H33N3O3S/c1-31(2)28(25-9-6-18-35-25)16-14-20(15-17-28)24(27(29)33)19-26(32)30-21-10-12-23(13-11-21)34-22-7-4-3-5-8-22/h3-13,18,20,24H,14-17,19H2,1-2H3,(H2,29,33)(H,30,32). The number of primary amides is 1. The summed E-state index contributed by atoms with van der Waals surface area (Å²) in [7, 11) is 4.24. The molecule has 2 amide bonds. The SMILES string of the molecule is CN(C)C1(c2cccs2)CCC(C(CC(=O)Nc2ccc(Oc3ccccc3)cc2)C(N)=O)CC1. The maximum absolute atomic E-state index is 12.8. The van der Waals surface area contributed by atoms with E-state index in [1.165, 1.54) is 4.88 Å². The zero-order valence-corrected chi connectivity index (χ0v) is 21.1. The fraction of sp³-hybridized carbons (Fsp3) is 0.357. The van der Waals surface area contributed by atoms with Crippen LogP contribution in [-0.4, -0.2) is 30.8 Å². The molecule has 0 spiro atoms. The average Bonchev–Trinajstić information content (AvgIpc) is 3.40. The van der Waals surface area contributed by atoms with Crippen LogP contribution >= 0.6 is 11.3 Å². The van der Waals surface area contributed by atoms with Gasteiger partial charge in [-0.1, -0.05) is 24.3 Å². The molecule has 0 saturated heterocycles. The molecule has 3 N–H and O–H groups in total. The van der Waals surface area contributed by atoms with Gasteiger partial charge in [0, 0.05) is 22.9 Å². The zero-order chi connectivity index (χ0) is 24.8. The quantitative estimate of drug-likeness (QED) is 0.407. The van der Waals surface area contributed by atoms with Crippen molar-refractivity contribution in [3.05, 3.63) is 77.0 Å². The van der Waals surface area contributed by atoms with Crippen LogP contribution < -0.4 is 15.8 Å². The molecule has 6 nitrogen and oxygen atoms in total. The molecule has 1 aromatic heterocycles. The third kappa shape index (κ3) is 5.92. The van der Waals surface area contributed by atoms with Crippen molar-refractivity contribution in [2.24, 2.45) is 17.6 Å². The van der Waals surface area contributed by atoms with E-state index in [1.807, 2.05) is 30.3 Å². The third-order valence-electron chi connectivity index (χ3n) is 7.15. The Balaban J connectivity index is 1.35. The number of hydrogen-bond donors (Lipinski definition) is 2. The zero-order valence-electron chi connectivity index (χ0n) is 20.3. The summed E-state index contributed by atoms with van der Waals surface area (Å²) in [4.78, 5) is 28.8. The van der Waals surface area contributed by atoms with Gasteiger partial charge in [-0.15, -0.1) is 11.3 Å². The number of anilines is 1. The highest BCUT2D eigenvalue weighted by molar-refractivity contribution is 7.10. The van der Waals surface area contributed by atoms with E-state index in [0.29, 0.717) is 11.4 Å². The van der Waals surface area contributed by atoms with Crippen LogP contribution in [-0.2, 0) is 15.1 Å². The molecule has 0 bridgehead atoms. The van der Waals surface area contributed by atoms with Gasteiger partial charge in [-0.05, 0) is 93.5 Å². The van der Waals surface area contributed by atoms with E-state index in [0.717, 1.165) is 31.4 Å². The molecule has 1 heterocycles. The van der Waals surface area contributed by atoms with Gasteiger partial charge in [-0.3, -0.25) is 14.5 Å². The van der Waals surface area contributed by atoms with Crippen LogP contribution in [0.3, 0.4) is 0 Å². The lowest BCUT2D eigenvalue weighted by molar-refractivity contribution is -0.128. The molecule has 1 fully saturated rings. The number of carbonyl (C=O) groups excluding carboxylic acids is 2. The number of nitrogens with one attached hydrogen (secondary N) is 1. The average molecular weight is 492 g/mol. The Kier molecular flexibility index (Phi) is 7.88. The number of nitrogens with two attached hydrogens (primary N) is 1. The van der Waals surface area contributed by atoms with Crippen molar-refractivity contribution in [2.45, 2.75) is 37.6 Å². The number of hydrogen-bond acceptors (Lipinski definition) is 5. The summed E-state index contributed by atoms with van der Waals surface area (Å²) in [5, 5.41) is 5.02. The van der Waals surface area contributed by atoms with Crippen molar-refractivity contribution in [3.63, 3.8) is 0 Å². The normalized spacial score (nSPS) is 20.8. The smallest absolute Gasteiger partial charge is 0.225 e. The number of thiophene rings is 1. The van der Waals surface area contributed by atoms with Gasteiger partial charge in [0.05, 0.1) is 5.54 Å². The van der Waals surface area contributed by atoms with Crippen LogP contribution in [0.15, 0.2) is 72.1 Å². The van der Waals surface area contributed by atoms with Crippen molar-refractivity contribution in [3.8, 4) is 11.5 Å². The van der Waals surface area contributed by atoms with Gasteiger partial charge in [-0.25, -0.2) is 0 Å². The lowest BCUT2D eigenvalue weighted by atomic mass is 9.70. The predicted octanol–water partition coefficient (Wildman–Crippen LogP) is 5.62. The lowest BCUT2D eigenvalue weighted by Crippen LogP contribution is -2.46. The second-order valence-corrected chi connectivity index (χ2v) is 10.4. The van der Waals surface area contributed by atoms with E-state index < -0.39 is 11.8 Å². The maximum Gasteiger partial charge on any atom is 0.225 e. The second-order valence-electron chi connectivity index (χ2n) is 9.44. The molecule has 3 aromatic rings. The lowest BCUT2D eigenvalue weighted by Gasteiger charge is -2.45. The van der Waals surface area contributed by atoms with Gasteiger partial charge in [0.2, 0.25) is 11.8 Å². The minimum Gasteiger partial charge on any atom is -0.457 e. The van der Waals surface area contributed by atoms with Gasteiger partial charge in [0.15, 0.2) is 0 Å². The van der Waals surface area contributed by atoms with E-state index >= 15 is 0 Å². The fourth-order valence-corrected chi connectivity index (χ4v) is 6.19. The molecular formula is C28H33N3O3S. The van der Waals surface area contributed by atoms with E-state index in [-0.39, 0.29) is 23.8 Å². The minimum absolute atomic E-state index is 0.0152. The molecule has 1 atom stereocenters. The van der Waals surface area contributed by atoms with Gasteiger partial charge in [0.1, 0.15) is 11.5 Å². The summed E-state index contributed by atoms with van der Waals surface area (Å²) in [6, 6.07) is 21.0. The Hall–Kier alpha value is -3.16. The molecule has 1 aliphatic rings. The van der Waals surface area contributed by atoms with Crippen LogP contribution in [0.4, 0.5) is 5.69 Å². The second kappa shape index (κ2) is 11.1. The van der Waals surface area contributed by atoms with Crippen molar-refractivity contribution < 1.29 is 14.3 Å². The predicted molar refractivity (Wildman–Crippen MR) is 141 cm³/mol. The third-order valence-corrected chi connectivity index (χ3v) is 8.21. The number of nitrogens with zero attached hydrogens (tertiary/aromatic N) is 1. The summed E-state index contributed by atoms with van der Waals surface area (Å²) in [5.74, 6) is 0.463. The maximum atomic E-state index is 12.8. The van der Waals surface area contributed by atoms with E-state index in [4.69, 9.17) is 10.5 Å². The summed E-state index contributed by atoms with van der Waals surface area (Å²) >= 11 is 1.78. The molecule has 0 radical (unpaired) electrons. The minimum atomic E-state index is -0.473. The summed E-state index contributed by atoms with van der Waals surface area (Å²) < 4.78 is 5.80. The molecule has 1 unspecified atom stereocenters. The van der Waals surface area contributed by atoms with Gasteiger partial charge in [0.25, 0.3) is 0 Å². The van der Waals surface area contributed by atoms with Crippen LogP contribution in [0.2, 0.25) is 0 Å². The summed E-state index contributed by atoms with van der Waals surface area (Å²) in [5.41, 5.74) is 6.42. The number of rotatable bonds is 9. The van der Waals surface area contributed by atoms with Crippen molar-refractivity contribution in [2.75, 3.05) is 19.4 Å². The Morgan fingerprint density at radius 2 is 1.69 bits per heavy atom. The van der Waals surface area contributed by atoms with Crippen molar-refractivity contribution in [1.82, 2.24) is 4.90 Å². The van der Waals surface area contributed by atoms with Crippen LogP contribution in [0, 0.1) is 11.8 Å². The first kappa shape index (κ1) is 24.9. The van der Waals surface area contributed by atoms with Crippen LogP contribution in [0.1, 0.15) is 37.0 Å². The summed E-state index contributed by atoms with van der Waals surface area (Å²) in [6.45, 7) is 0. The van der Waals surface area contributed by atoms with Gasteiger partial charge < -0.3 is 15.8 Å². The van der Waals surface area contributed by atoms with Gasteiger partial charge >= 0.3 is 0 Å². The van der Waals surface area contributed by atoms with Gasteiger partial charge in [-0.2, -0.15) is 0 Å². The Bertz CT molecular complexity index is 1110. The van der Waals surface area contributed by atoms with E-state index in [9.17, 15) is 9.59 Å². The summed E-state index contributed by atoms with van der Waals surface area (Å²) in [6.07, 6.45) is 3.71. The topological polar surface area (TPSA) is 84.7 Å². The number of para-hydroxylation sites is 1. The molecule has 4 rings (SSSR count). The number of carbonyl (C=O) groups is 2. The monoisotopic (exact) mass is 491 g/mol. The molecule has 7 heteroatoms. The largest absolute Gasteiger partial charge is 0.457 e. The molecule has 1 aliphatic carbocycles. The fourth-order valence-electron chi connectivity index (χ4n) is 5.12. The number of benzene rings is 2. The molecule has 2 aromatic carbocycles. The Labute approximate surface area is 211 Å². The van der Waals surface area contributed by atoms with Crippen molar-refractivity contribution >= 4 is 28.8 Å². The van der Waals surface area contributed by atoms with Crippen molar-refractivity contribution in [1.29, 1.82) is 0 Å². The van der Waals surface area contributed by atoms with Crippen LogP contribution in [0.5, 0.6) is 11.5 Å². The Morgan fingerprint density at radius 1 is 1.03 bits per heavy atom. The molecular weight excluding hydrogens is 458 g/mol. The molecule has 184 valence electrons. The number of amides is 2. The highest BCUT2D eigenvalue weighted by Crippen LogP contribution is 2.46. The number of ether oxygens (including phenoxy) is 1. The Morgan fingerprint density at radius 3 is 2.26 bits per heavy atom. The highest BCUT2D eigenvalue weighted by Gasteiger charge is 2.42. The van der Waals surface area contributed by atoms with E-state index in [2.05, 4.69) is 41.8 Å². The first-order valence-electron chi connectivity index (χ1n) is 12.0. The first-order chi connectivity index (χ1) is 16.9. The first-order valence-corrected chi connectivity index (χ1v) is 12.9.